The Labute approximate surface area is 131 Å². The van der Waals surface area contributed by atoms with Gasteiger partial charge in [0.1, 0.15) is 11.6 Å². The Morgan fingerprint density at radius 3 is 2.78 bits per heavy atom. The highest BCUT2D eigenvalue weighted by Gasteiger charge is 2.29. The fourth-order valence-electron chi connectivity index (χ4n) is 2.68. The van der Waals surface area contributed by atoms with E-state index in [9.17, 15) is 19.3 Å². The Balaban J connectivity index is 2.02. The number of hydrogen-bond acceptors (Lipinski definition) is 4. The molecule has 2 aromatic rings. The summed E-state index contributed by atoms with van der Waals surface area (Å²) >= 11 is 0. The first kappa shape index (κ1) is 15.0. The zero-order chi connectivity index (χ0) is 16.6. The summed E-state index contributed by atoms with van der Waals surface area (Å²) in [5, 5.41) is 10.9. The summed E-state index contributed by atoms with van der Waals surface area (Å²) in [4.78, 5) is 24.6. The lowest BCUT2D eigenvalue weighted by Gasteiger charge is -2.18. The van der Waals surface area contributed by atoms with Crippen molar-refractivity contribution in [3.63, 3.8) is 0 Å². The normalized spacial score (nSPS) is 12.9. The highest BCUT2D eigenvalue weighted by atomic mass is 19.1. The van der Waals surface area contributed by atoms with Crippen LogP contribution in [-0.4, -0.2) is 24.5 Å². The minimum Gasteiger partial charge on any atom is -0.496 e. The number of ether oxygens (including phenoxy) is 1. The topological polar surface area (TPSA) is 72.7 Å². The second-order valence-corrected chi connectivity index (χ2v) is 5.12. The Bertz CT molecular complexity index is 807. The minimum absolute atomic E-state index is 0.0883. The molecule has 6 nitrogen and oxygen atoms in total. The van der Waals surface area contributed by atoms with Crippen molar-refractivity contribution in [3.05, 3.63) is 63.5 Å². The maximum atomic E-state index is 13.5. The van der Waals surface area contributed by atoms with Crippen molar-refractivity contribution < 1.29 is 18.8 Å². The number of nitro groups is 1. The summed E-state index contributed by atoms with van der Waals surface area (Å²) < 4.78 is 18.6. The second-order valence-electron chi connectivity index (χ2n) is 5.12. The van der Waals surface area contributed by atoms with Crippen LogP contribution < -0.4 is 9.64 Å². The van der Waals surface area contributed by atoms with E-state index in [0.717, 1.165) is 11.6 Å². The zero-order valence-electron chi connectivity index (χ0n) is 12.3. The van der Waals surface area contributed by atoms with Crippen LogP contribution in [0.3, 0.4) is 0 Å². The Hall–Kier alpha value is -2.96. The van der Waals surface area contributed by atoms with Gasteiger partial charge in [0.2, 0.25) is 0 Å². The van der Waals surface area contributed by atoms with Gasteiger partial charge in [-0.25, -0.2) is 4.39 Å². The fraction of sp³-hybridized carbons (Fsp3) is 0.188. The molecule has 1 aliphatic heterocycles. The molecule has 0 atom stereocenters. The predicted octanol–water partition coefficient (Wildman–Crippen LogP) is 2.95. The number of benzene rings is 2. The van der Waals surface area contributed by atoms with Crippen molar-refractivity contribution >= 4 is 17.3 Å². The summed E-state index contributed by atoms with van der Waals surface area (Å²) in [5.74, 6) is -0.733. The van der Waals surface area contributed by atoms with E-state index in [1.54, 1.807) is 6.07 Å². The minimum atomic E-state index is -0.549. The van der Waals surface area contributed by atoms with Crippen molar-refractivity contribution in [1.29, 1.82) is 0 Å². The van der Waals surface area contributed by atoms with Crippen molar-refractivity contribution in [2.24, 2.45) is 0 Å². The lowest BCUT2D eigenvalue weighted by atomic mass is 10.1. The van der Waals surface area contributed by atoms with Crippen molar-refractivity contribution in [2.45, 2.75) is 6.42 Å². The SMILES string of the molecule is COc1ccc(F)cc1C(=O)N1CCc2ccc([N+](=O)[O-])cc21. The molecule has 23 heavy (non-hydrogen) atoms. The van der Waals surface area contributed by atoms with Crippen LogP contribution in [0.4, 0.5) is 15.8 Å². The Kier molecular flexibility index (Phi) is 3.69. The number of amides is 1. The lowest BCUT2D eigenvalue weighted by Crippen LogP contribution is -2.29. The van der Waals surface area contributed by atoms with Crippen LogP contribution >= 0.6 is 0 Å². The van der Waals surface area contributed by atoms with Crippen molar-refractivity contribution in [1.82, 2.24) is 0 Å². The second kappa shape index (κ2) is 5.68. The van der Waals surface area contributed by atoms with E-state index in [1.165, 1.54) is 36.3 Å². The van der Waals surface area contributed by atoms with Gasteiger partial charge in [-0.3, -0.25) is 14.9 Å². The standard InChI is InChI=1S/C16H13FN2O4/c1-23-15-5-3-11(17)8-13(15)16(20)18-7-6-10-2-4-12(19(21)22)9-14(10)18/h2-5,8-9H,6-7H2,1H3. The molecule has 0 radical (unpaired) electrons. The number of fused-ring (bicyclic) bond motifs is 1. The molecule has 1 aliphatic rings. The smallest absolute Gasteiger partial charge is 0.271 e. The lowest BCUT2D eigenvalue weighted by molar-refractivity contribution is -0.384. The Morgan fingerprint density at radius 1 is 1.30 bits per heavy atom. The van der Waals surface area contributed by atoms with E-state index in [-0.39, 0.29) is 17.0 Å². The van der Waals surface area contributed by atoms with Crippen LogP contribution in [0.5, 0.6) is 5.75 Å². The first-order chi connectivity index (χ1) is 11.0. The highest BCUT2D eigenvalue weighted by molar-refractivity contribution is 6.09. The number of non-ortho nitro benzene ring substituents is 1. The van der Waals surface area contributed by atoms with Gasteiger partial charge < -0.3 is 9.64 Å². The number of halogens is 1. The summed E-state index contributed by atoms with van der Waals surface area (Å²) in [6, 6.07) is 8.12. The molecule has 3 rings (SSSR count). The van der Waals surface area contributed by atoms with Crippen LogP contribution in [0.25, 0.3) is 0 Å². The van der Waals surface area contributed by atoms with Crippen LogP contribution in [-0.2, 0) is 6.42 Å². The number of carbonyl (C=O) groups is 1. The molecule has 1 amide bonds. The molecule has 2 aromatic carbocycles. The average molecular weight is 316 g/mol. The fourth-order valence-corrected chi connectivity index (χ4v) is 2.68. The summed E-state index contributed by atoms with van der Waals surface area (Å²) in [6.45, 7) is 0.384. The van der Waals surface area contributed by atoms with Crippen molar-refractivity contribution in [2.75, 3.05) is 18.6 Å². The average Bonchev–Trinajstić information content (AvgIpc) is 2.97. The molecule has 1 heterocycles. The third kappa shape index (κ3) is 2.61. The Morgan fingerprint density at radius 2 is 2.09 bits per heavy atom. The molecule has 0 spiro atoms. The quantitative estimate of drug-likeness (QED) is 0.644. The van der Waals surface area contributed by atoms with Gasteiger partial charge >= 0.3 is 0 Å². The van der Waals surface area contributed by atoms with E-state index in [2.05, 4.69) is 0 Å². The van der Waals surface area contributed by atoms with E-state index < -0.39 is 16.6 Å². The third-order valence-electron chi connectivity index (χ3n) is 3.81. The van der Waals surface area contributed by atoms with Gasteiger partial charge in [-0.2, -0.15) is 0 Å². The number of rotatable bonds is 3. The summed E-state index contributed by atoms with van der Waals surface area (Å²) in [6.07, 6.45) is 0.594. The zero-order valence-corrected chi connectivity index (χ0v) is 12.3. The van der Waals surface area contributed by atoms with Crippen LogP contribution in [0, 0.1) is 15.9 Å². The monoisotopic (exact) mass is 316 g/mol. The molecule has 0 fully saturated rings. The molecule has 7 heteroatoms. The van der Waals surface area contributed by atoms with Gasteiger partial charge in [0.05, 0.1) is 23.3 Å². The first-order valence-electron chi connectivity index (χ1n) is 6.94. The van der Waals surface area contributed by atoms with Gasteiger partial charge in [0, 0.05) is 18.7 Å². The van der Waals surface area contributed by atoms with Gasteiger partial charge in [-0.1, -0.05) is 6.07 Å². The molecular formula is C16H13FN2O4. The summed E-state index contributed by atoms with van der Waals surface area (Å²) in [5.41, 5.74) is 1.33. The van der Waals surface area contributed by atoms with Gasteiger partial charge in [-0.15, -0.1) is 0 Å². The van der Waals surface area contributed by atoms with Crippen molar-refractivity contribution in [3.8, 4) is 5.75 Å². The largest absolute Gasteiger partial charge is 0.496 e. The third-order valence-corrected chi connectivity index (χ3v) is 3.81. The predicted molar refractivity (Wildman–Crippen MR) is 81.4 cm³/mol. The maximum absolute atomic E-state index is 13.5. The number of methoxy groups -OCH3 is 1. The van der Waals surface area contributed by atoms with Crippen LogP contribution in [0.2, 0.25) is 0 Å². The van der Waals surface area contributed by atoms with E-state index >= 15 is 0 Å². The molecular weight excluding hydrogens is 303 g/mol. The molecule has 0 aromatic heterocycles. The number of nitrogens with zero attached hydrogens (tertiary/aromatic N) is 2. The molecule has 0 N–H and O–H groups in total. The van der Waals surface area contributed by atoms with E-state index in [0.29, 0.717) is 18.7 Å². The molecule has 0 saturated carbocycles. The molecule has 0 saturated heterocycles. The van der Waals surface area contributed by atoms with E-state index in [1.807, 2.05) is 0 Å². The van der Waals surface area contributed by atoms with Gasteiger partial charge in [0.15, 0.2) is 0 Å². The maximum Gasteiger partial charge on any atom is 0.271 e. The van der Waals surface area contributed by atoms with Crippen LogP contribution in [0.1, 0.15) is 15.9 Å². The number of nitro benzene ring substituents is 1. The molecule has 0 unspecified atom stereocenters. The van der Waals surface area contributed by atoms with Gasteiger partial charge in [-0.05, 0) is 30.2 Å². The van der Waals surface area contributed by atoms with Gasteiger partial charge in [0.25, 0.3) is 11.6 Å². The molecule has 118 valence electrons. The number of anilines is 1. The number of carbonyl (C=O) groups excluding carboxylic acids is 1. The van der Waals surface area contributed by atoms with Crippen LogP contribution in [0.15, 0.2) is 36.4 Å². The molecule has 0 bridgehead atoms. The summed E-state index contributed by atoms with van der Waals surface area (Å²) in [7, 11) is 1.40. The highest BCUT2D eigenvalue weighted by Crippen LogP contribution is 2.34. The van der Waals surface area contributed by atoms with E-state index in [4.69, 9.17) is 4.74 Å². The molecule has 0 aliphatic carbocycles. The first-order valence-corrected chi connectivity index (χ1v) is 6.94. The number of hydrogen-bond donors (Lipinski definition) is 0.